The minimum atomic E-state index is -0.544. The van der Waals surface area contributed by atoms with Gasteiger partial charge in [-0.3, -0.25) is 25.0 Å². The molecule has 3 aromatic rings. The number of hydrogen-bond donors (Lipinski definition) is 0. The minimum absolute atomic E-state index is 0.0596. The lowest BCUT2D eigenvalue weighted by Crippen LogP contribution is -2.09. The summed E-state index contributed by atoms with van der Waals surface area (Å²) in [6.45, 7) is 3.40. The van der Waals surface area contributed by atoms with E-state index in [4.69, 9.17) is 0 Å². The van der Waals surface area contributed by atoms with Crippen molar-refractivity contribution >= 4 is 17.2 Å². The van der Waals surface area contributed by atoms with Crippen molar-refractivity contribution in [3.8, 4) is 17.2 Å². The average molecular weight is 401 g/mol. The van der Waals surface area contributed by atoms with Crippen LogP contribution in [0.25, 0.3) is 11.1 Å². The molecule has 0 N–H and O–H groups in total. The number of hydrogen-bond acceptors (Lipinski definition) is 6. The number of ketones is 1. The summed E-state index contributed by atoms with van der Waals surface area (Å²) in [5.41, 5.74) is 3.05. The second-order valence-corrected chi connectivity index (χ2v) is 6.66. The van der Waals surface area contributed by atoms with Gasteiger partial charge in [0.15, 0.2) is 5.78 Å². The van der Waals surface area contributed by atoms with Crippen LogP contribution >= 0.6 is 0 Å². The Morgan fingerprint density at radius 2 is 1.40 bits per heavy atom. The molecule has 0 radical (unpaired) electrons. The highest BCUT2D eigenvalue weighted by atomic mass is 16.6. The van der Waals surface area contributed by atoms with Crippen molar-refractivity contribution in [1.29, 1.82) is 5.26 Å². The highest BCUT2D eigenvalue weighted by molar-refractivity contribution is 6.11. The zero-order valence-corrected chi connectivity index (χ0v) is 16.1. The summed E-state index contributed by atoms with van der Waals surface area (Å²) in [5.74, 6) is -0.341. The predicted molar refractivity (Wildman–Crippen MR) is 109 cm³/mol. The van der Waals surface area contributed by atoms with E-state index in [0.29, 0.717) is 33.4 Å². The molecule has 0 saturated carbocycles. The van der Waals surface area contributed by atoms with E-state index in [0.717, 1.165) is 0 Å². The number of nitro benzene ring substituents is 2. The van der Waals surface area contributed by atoms with E-state index in [1.165, 1.54) is 36.4 Å². The number of rotatable bonds is 5. The molecule has 0 saturated heterocycles. The van der Waals surface area contributed by atoms with E-state index < -0.39 is 9.85 Å². The summed E-state index contributed by atoms with van der Waals surface area (Å²) in [6.07, 6.45) is 0. The van der Waals surface area contributed by atoms with Gasteiger partial charge in [0.25, 0.3) is 11.4 Å². The van der Waals surface area contributed by atoms with Gasteiger partial charge in [0.2, 0.25) is 0 Å². The molecule has 8 nitrogen and oxygen atoms in total. The van der Waals surface area contributed by atoms with Gasteiger partial charge >= 0.3 is 0 Å². The van der Waals surface area contributed by atoms with Crippen molar-refractivity contribution in [2.24, 2.45) is 0 Å². The molecule has 0 spiro atoms. The quantitative estimate of drug-likeness (QED) is 0.340. The van der Waals surface area contributed by atoms with Crippen molar-refractivity contribution in [3.05, 3.63) is 103 Å². The van der Waals surface area contributed by atoms with Gasteiger partial charge in [-0.25, -0.2) is 0 Å². The predicted octanol–water partition coefficient (Wildman–Crippen LogP) is 4.89. The number of nitrogens with zero attached hydrogens (tertiary/aromatic N) is 3. The molecular formula is C22H15N3O5. The van der Waals surface area contributed by atoms with Crippen LogP contribution in [-0.4, -0.2) is 15.6 Å². The lowest BCUT2D eigenvalue weighted by Gasteiger charge is -2.15. The van der Waals surface area contributed by atoms with Crippen molar-refractivity contribution in [2.45, 2.75) is 13.8 Å². The Balaban J connectivity index is 2.10. The molecule has 0 aliphatic rings. The largest absolute Gasteiger partial charge is 0.289 e. The van der Waals surface area contributed by atoms with Crippen LogP contribution in [0.15, 0.2) is 54.6 Å². The smallest absolute Gasteiger partial charge is 0.269 e. The van der Waals surface area contributed by atoms with E-state index in [1.807, 2.05) is 0 Å². The molecule has 0 heterocycles. The normalized spacial score (nSPS) is 10.3. The van der Waals surface area contributed by atoms with Crippen molar-refractivity contribution in [3.63, 3.8) is 0 Å². The van der Waals surface area contributed by atoms with E-state index in [1.54, 1.807) is 32.0 Å². The van der Waals surface area contributed by atoms with Gasteiger partial charge in [0.1, 0.15) is 6.07 Å². The molecule has 30 heavy (non-hydrogen) atoms. The van der Waals surface area contributed by atoms with Gasteiger partial charge < -0.3 is 0 Å². The van der Waals surface area contributed by atoms with Crippen molar-refractivity contribution < 1.29 is 14.6 Å². The number of carbonyl (C=O) groups is 1. The minimum Gasteiger partial charge on any atom is -0.289 e. The number of non-ortho nitro benzene ring substituents is 2. The summed E-state index contributed by atoms with van der Waals surface area (Å²) < 4.78 is 0. The Labute approximate surface area is 171 Å². The molecule has 0 fully saturated rings. The van der Waals surface area contributed by atoms with Crippen LogP contribution in [0.2, 0.25) is 0 Å². The third-order valence-corrected chi connectivity index (χ3v) is 4.84. The number of aryl methyl sites for hydroxylation is 1. The molecule has 148 valence electrons. The maximum absolute atomic E-state index is 13.1. The maximum atomic E-state index is 13.1. The molecule has 0 aliphatic heterocycles. The SMILES string of the molecule is Cc1cc(-c2ccc([N+](=O)[O-])cc2)c(C#N)c(C)c1C(=O)c1ccc([N+](=O)[O-])cc1. The third kappa shape index (κ3) is 3.64. The molecule has 0 aromatic heterocycles. The van der Waals surface area contributed by atoms with Gasteiger partial charge in [0, 0.05) is 41.0 Å². The maximum Gasteiger partial charge on any atom is 0.269 e. The summed E-state index contributed by atoms with van der Waals surface area (Å²) in [7, 11) is 0. The Kier molecular flexibility index (Phi) is 5.38. The second-order valence-electron chi connectivity index (χ2n) is 6.66. The average Bonchev–Trinajstić information content (AvgIpc) is 2.73. The molecule has 0 amide bonds. The number of nitriles is 1. The van der Waals surface area contributed by atoms with Crippen LogP contribution in [0, 0.1) is 45.4 Å². The van der Waals surface area contributed by atoms with E-state index in [2.05, 4.69) is 6.07 Å². The summed E-state index contributed by atoms with van der Waals surface area (Å²) >= 11 is 0. The number of benzene rings is 3. The first-order valence-electron chi connectivity index (χ1n) is 8.83. The molecule has 0 atom stereocenters. The fraction of sp³-hybridized carbons (Fsp3) is 0.0909. The molecule has 0 unspecified atom stereocenters. The van der Waals surface area contributed by atoms with E-state index >= 15 is 0 Å². The van der Waals surface area contributed by atoms with Gasteiger partial charge in [0.05, 0.1) is 15.4 Å². The van der Waals surface area contributed by atoms with Gasteiger partial charge in [-0.1, -0.05) is 0 Å². The second kappa shape index (κ2) is 7.93. The summed E-state index contributed by atoms with van der Waals surface area (Å²) in [4.78, 5) is 33.7. The van der Waals surface area contributed by atoms with Gasteiger partial charge in [-0.2, -0.15) is 5.26 Å². The Hall–Kier alpha value is -4.38. The van der Waals surface area contributed by atoms with Crippen LogP contribution in [0.1, 0.15) is 32.6 Å². The topological polar surface area (TPSA) is 127 Å². The third-order valence-electron chi connectivity index (χ3n) is 4.84. The summed E-state index contributed by atoms with van der Waals surface area (Å²) in [5, 5.41) is 31.4. The monoisotopic (exact) mass is 401 g/mol. The molecular weight excluding hydrogens is 386 g/mol. The zero-order chi connectivity index (χ0) is 22.0. The van der Waals surface area contributed by atoms with Crippen LogP contribution in [0.4, 0.5) is 11.4 Å². The first-order chi connectivity index (χ1) is 14.2. The van der Waals surface area contributed by atoms with Crippen molar-refractivity contribution in [2.75, 3.05) is 0 Å². The lowest BCUT2D eigenvalue weighted by molar-refractivity contribution is -0.385. The van der Waals surface area contributed by atoms with Crippen LogP contribution < -0.4 is 0 Å². The molecule has 3 rings (SSSR count). The molecule has 0 aliphatic carbocycles. The molecule has 0 bridgehead atoms. The zero-order valence-electron chi connectivity index (χ0n) is 16.1. The van der Waals surface area contributed by atoms with Gasteiger partial charge in [-0.15, -0.1) is 0 Å². The van der Waals surface area contributed by atoms with Crippen LogP contribution in [0.3, 0.4) is 0 Å². The first-order valence-corrected chi connectivity index (χ1v) is 8.83. The molecule has 8 heteroatoms. The fourth-order valence-corrected chi connectivity index (χ4v) is 3.35. The van der Waals surface area contributed by atoms with Crippen molar-refractivity contribution in [1.82, 2.24) is 0 Å². The number of carbonyl (C=O) groups excluding carboxylic acids is 1. The van der Waals surface area contributed by atoms with E-state index in [9.17, 15) is 30.3 Å². The van der Waals surface area contributed by atoms with Crippen LogP contribution in [0.5, 0.6) is 0 Å². The Morgan fingerprint density at radius 1 is 0.900 bits per heavy atom. The first kappa shape index (κ1) is 20.4. The highest BCUT2D eigenvalue weighted by Crippen LogP contribution is 2.32. The Bertz CT molecular complexity index is 1220. The highest BCUT2D eigenvalue weighted by Gasteiger charge is 2.21. The van der Waals surface area contributed by atoms with Gasteiger partial charge in [-0.05, 0) is 60.9 Å². The standard InChI is InChI=1S/C22H15N3O5/c1-13-11-19(15-3-7-17(8-4-15)24(27)28)20(12-23)14(2)21(13)22(26)16-5-9-18(10-6-16)25(29)30/h3-11H,1-2H3. The Morgan fingerprint density at radius 3 is 1.87 bits per heavy atom. The molecule has 3 aromatic carbocycles. The lowest BCUT2D eigenvalue weighted by atomic mass is 9.87. The van der Waals surface area contributed by atoms with Crippen LogP contribution in [-0.2, 0) is 0 Å². The van der Waals surface area contributed by atoms with E-state index in [-0.39, 0.29) is 22.7 Å². The number of nitro groups is 2. The summed E-state index contributed by atoms with van der Waals surface area (Å²) in [6, 6.07) is 14.9. The fourth-order valence-electron chi connectivity index (χ4n) is 3.35.